The summed E-state index contributed by atoms with van der Waals surface area (Å²) in [4.78, 5) is 7.49. The van der Waals surface area contributed by atoms with Gasteiger partial charge < -0.3 is 10.6 Å². The fourth-order valence-corrected chi connectivity index (χ4v) is 3.89. The number of aliphatic imine (C=N–C) groups is 1. The number of aromatic nitrogens is 2. The third kappa shape index (κ3) is 6.90. The van der Waals surface area contributed by atoms with E-state index in [1.807, 2.05) is 11.7 Å². The van der Waals surface area contributed by atoms with E-state index in [1.165, 1.54) is 37.2 Å². The van der Waals surface area contributed by atoms with Crippen molar-refractivity contribution in [3.05, 3.63) is 17.0 Å². The van der Waals surface area contributed by atoms with E-state index in [9.17, 15) is 0 Å². The third-order valence-electron chi connectivity index (χ3n) is 5.93. The minimum Gasteiger partial charge on any atom is -0.357 e. The van der Waals surface area contributed by atoms with Crippen LogP contribution < -0.4 is 10.6 Å². The maximum Gasteiger partial charge on any atom is 0.191 e. The molecule has 0 aliphatic carbocycles. The van der Waals surface area contributed by atoms with Crippen molar-refractivity contribution in [2.75, 3.05) is 26.2 Å². The number of halogens is 1. The van der Waals surface area contributed by atoms with Gasteiger partial charge in [-0.2, -0.15) is 5.10 Å². The molecule has 0 amide bonds. The number of hydrogen-bond acceptors (Lipinski definition) is 3. The second kappa shape index (κ2) is 12.0. The molecule has 0 spiro atoms. The average molecular weight is 505 g/mol. The molecule has 162 valence electrons. The van der Waals surface area contributed by atoms with Gasteiger partial charge in [0.15, 0.2) is 5.96 Å². The highest BCUT2D eigenvalue weighted by Gasteiger charge is 2.25. The van der Waals surface area contributed by atoms with E-state index in [0.717, 1.165) is 30.7 Å². The number of piperidine rings is 1. The van der Waals surface area contributed by atoms with Crippen molar-refractivity contribution in [1.29, 1.82) is 0 Å². The zero-order chi connectivity index (χ0) is 20.0. The Kier molecular flexibility index (Phi) is 10.8. The van der Waals surface area contributed by atoms with Crippen LogP contribution in [-0.2, 0) is 13.6 Å². The Bertz CT molecular complexity index is 617. The zero-order valence-corrected chi connectivity index (χ0v) is 21.2. The maximum absolute atomic E-state index is 4.83. The zero-order valence-electron chi connectivity index (χ0n) is 18.9. The normalized spacial score (nSPS) is 17.5. The number of rotatable bonds is 7. The van der Waals surface area contributed by atoms with Crippen LogP contribution in [-0.4, -0.2) is 52.9 Å². The predicted molar refractivity (Wildman–Crippen MR) is 130 cm³/mol. The molecule has 1 fully saturated rings. The summed E-state index contributed by atoms with van der Waals surface area (Å²) in [5, 5.41) is 11.5. The maximum atomic E-state index is 4.83. The van der Waals surface area contributed by atoms with Crippen molar-refractivity contribution in [1.82, 2.24) is 25.3 Å². The molecule has 2 rings (SSSR count). The van der Waals surface area contributed by atoms with Crippen LogP contribution in [0.1, 0.15) is 57.5 Å². The van der Waals surface area contributed by atoms with E-state index in [1.54, 1.807) is 0 Å². The van der Waals surface area contributed by atoms with Gasteiger partial charge in [-0.1, -0.05) is 20.8 Å². The van der Waals surface area contributed by atoms with E-state index >= 15 is 0 Å². The molecule has 0 aromatic carbocycles. The van der Waals surface area contributed by atoms with E-state index in [2.05, 4.69) is 62.2 Å². The Morgan fingerprint density at radius 2 is 1.86 bits per heavy atom. The highest BCUT2D eigenvalue weighted by molar-refractivity contribution is 14.0. The summed E-state index contributed by atoms with van der Waals surface area (Å²) in [6.07, 6.45) is 2.63. The van der Waals surface area contributed by atoms with E-state index in [-0.39, 0.29) is 24.0 Å². The lowest BCUT2D eigenvalue weighted by atomic mass is 9.94. The van der Waals surface area contributed by atoms with Crippen LogP contribution in [0, 0.1) is 25.7 Å². The van der Waals surface area contributed by atoms with Crippen molar-refractivity contribution in [3.63, 3.8) is 0 Å². The lowest BCUT2D eigenvalue weighted by molar-refractivity contribution is 0.110. The van der Waals surface area contributed by atoms with Gasteiger partial charge in [0.1, 0.15) is 0 Å². The summed E-state index contributed by atoms with van der Waals surface area (Å²) >= 11 is 0. The first-order valence-electron chi connectivity index (χ1n) is 10.6. The van der Waals surface area contributed by atoms with Gasteiger partial charge in [0.25, 0.3) is 0 Å². The number of nitrogens with one attached hydrogen (secondary N) is 2. The molecule has 0 radical (unpaired) electrons. The Balaban J connectivity index is 0.00000392. The molecule has 0 bridgehead atoms. The molecule has 1 aliphatic heterocycles. The summed E-state index contributed by atoms with van der Waals surface area (Å²) in [6.45, 7) is 18.2. The summed E-state index contributed by atoms with van der Waals surface area (Å²) in [5.74, 6) is 2.39. The van der Waals surface area contributed by atoms with Gasteiger partial charge in [0.05, 0.1) is 12.2 Å². The summed E-state index contributed by atoms with van der Waals surface area (Å²) in [5.41, 5.74) is 3.48. The third-order valence-corrected chi connectivity index (χ3v) is 5.93. The van der Waals surface area contributed by atoms with Gasteiger partial charge in [-0.25, -0.2) is 4.99 Å². The molecule has 6 nitrogen and oxygen atoms in total. The highest BCUT2D eigenvalue weighted by atomic mass is 127. The molecule has 1 aliphatic rings. The number of aryl methyl sites for hydroxylation is 2. The molecular weight excluding hydrogens is 463 g/mol. The van der Waals surface area contributed by atoms with Crippen LogP contribution in [0.15, 0.2) is 4.99 Å². The molecule has 1 saturated heterocycles. The van der Waals surface area contributed by atoms with Gasteiger partial charge in [-0.15, -0.1) is 24.0 Å². The monoisotopic (exact) mass is 504 g/mol. The van der Waals surface area contributed by atoms with Crippen molar-refractivity contribution in [3.8, 4) is 0 Å². The lowest BCUT2D eigenvalue weighted by Crippen LogP contribution is -2.51. The van der Waals surface area contributed by atoms with E-state index in [0.29, 0.717) is 18.5 Å². The molecule has 7 heteroatoms. The smallest absolute Gasteiger partial charge is 0.191 e. The molecular formula is C21H41IN6. The molecule has 1 atom stereocenters. The van der Waals surface area contributed by atoms with Crippen LogP contribution in [0.2, 0.25) is 0 Å². The minimum atomic E-state index is 0. The average Bonchev–Trinajstić information content (AvgIpc) is 2.86. The second-order valence-corrected chi connectivity index (χ2v) is 8.38. The first-order chi connectivity index (χ1) is 12.8. The van der Waals surface area contributed by atoms with Crippen LogP contribution in [0.5, 0.6) is 0 Å². The number of nitrogens with zero attached hydrogens (tertiary/aromatic N) is 4. The number of likely N-dealkylation sites (tertiary alicyclic amines) is 1. The largest absolute Gasteiger partial charge is 0.357 e. The molecule has 1 aromatic rings. The minimum absolute atomic E-state index is 0. The Morgan fingerprint density at radius 1 is 1.21 bits per heavy atom. The van der Waals surface area contributed by atoms with Crippen molar-refractivity contribution in [2.45, 2.75) is 67.0 Å². The summed E-state index contributed by atoms with van der Waals surface area (Å²) in [7, 11) is 1.99. The van der Waals surface area contributed by atoms with Crippen LogP contribution in [0.4, 0.5) is 0 Å². The molecule has 2 N–H and O–H groups in total. The van der Waals surface area contributed by atoms with Gasteiger partial charge in [0.2, 0.25) is 0 Å². The number of hydrogen-bond donors (Lipinski definition) is 2. The lowest BCUT2D eigenvalue weighted by Gasteiger charge is -2.39. The van der Waals surface area contributed by atoms with Crippen LogP contribution in [0.3, 0.4) is 0 Å². The second-order valence-electron chi connectivity index (χ2n) is 8.38. The predicted octanol–water partition coefficient (Wildman–Crippen LogP) is 3.47. The van der Waals surface area contributed by atoms with E-state index in [4.69, 9.17) is 4.99 Å². The van der Waals surface area contributed by atoms with Gasteiger partial charge >= 0.3 is 0 Å². The standard InChI is InChI=1S/C21H40N6.HI/c1-8-22-21(23-13-19-17(5)25-26(7)18(19)6)24-14-20(15(2)3)27-11-9-16(4)10-12-27;/h15-16,20H,8-14H2,1-7H3,(H2,22,23,24);1H. The molecule has 2 heterocycles. The summed E-state index contributed by atoms with van der Waals surface area (Å²) < 4.78 is 1.94. The molecule has 1 unspecified atom stereocenters. The quantitative estimate of drug-likeness (QED) is 0.339. The van der Waals surface area contributed by atoms with Crippen LogP contribution in [0.25, 0.3) is 0 Å². The summed E-state index contributed by atoms with van der Waals surface area (Å²) in [6, 6.07) is 0.545. The van der Waals surface area contributed by atoms with Crippen molar-refractivity contribution < 1.29 is 0 Å². The Hall–Kier alpha value is -0.830. The molecule has 28 heavy (non-hydrogen) atoms. The first-order valence-corrected chi connectivity index (χ1v) is 10.6. The van der Waals surface area contributed by atoms with Crippen LogP contribution >= 0.6 is 24.0 Å². The topological polar surface area (TPSA) is 57.5 Å². The Morgan fingerprint density at radius 3 is 2.36 bits per heavy atom. The van der Waals surface area contributed by atoms with Crippen molar-refractivity contribution >= 4 is 29.9 Å². The molecule has 1 aromatic heterocycles. The number of guanidine groups is 1. The van der Waals surface area contributed by atoms with Crippen molar-refractivity contribution in [2.24, 2.45) is 23.9 Å². The van der Waals surface area contributed by atoms with Gasteiger partial charge in [-0.05, 0) is 58.5 Å². The SMILES string of the molecule is CCNC(=NCc1c(C)nn(C)c1C)NCC(C(C)C)N1CCC(C)CC1.I. The highest BCUT2D eigenvalue weighted by Crippen LogP contribution is 2.21. The van der Waals surface area contributed by atoms with E-state index < -0.39 is 0 Å². The van der Waals surface area contributed by atoms with Gasteiger partial charge in [-0.3, -0.25) is 9.58 Å². The first kappa shape index (κ1) is 25.2. The fraction of sp³-hybridized carbons (Fsp3) is 0.810. The van der Waals surface area contributed by atoms with Gasteiger partial charge in [0, 0.05) is 37.4 Å². The fourth-order valence-electron chi connectivity index (χ4n) is 3.89. The Labute approximate surface area is 189 Å². The molecule has 0 saturated carbocycles.